The largest absolute Gasteiger partial charge is 0.396 e. The van der Waals surface area contributed by atoms with Crippen molar-refractivity contribution in [3.63, 3.8) is 0 Å². The van der Waals surface area contributed by atoms with Gasteiger partial charge in [-0.25, -0.2) is 0 Å². The summed E-state index contributed by atoms with van der Waals surface area (Å²) in [4.78, 5) is 0. The second-order valence-corrected chi connectivity index (χ2v) is 7.71. The number of hydrogen-bond acceptors (Lipinski definition) is 4. The Morgan fingerprint density at radius 2 is 1.86 bits per heavy atom. The van der Waals surface area contributed by atoms with Crippen molar-refractivity contribution in [3.05, 3.63) is 0 Å². The first-order chi connectivity index (χ1) is 6.54. The van der Waals surface area contributed by atoms with Crippen LogP contribution in [0.15, 0.2) is 0 Å². The van der Waals surface area contributed by atoms with E-state index in [2.05, 4.69) is 6.92 Å². The Bertz CT molecular complexity index is 178. The molecule has 1 heterocycles. The van der Waals surface area contributed by atoms with E-state index in [0.29, 0.717) is 6.23 Å². The molecule has 0 aromatic carbocycles. The van der Waals surface area contributed by atoms with Gasteiger partial charge >= 0.3 is 8.56 Å². The van der Waals surface area contributed by atoms with E-state index in [-0.39, 0.29) is 5.41 Å². The highest BCUT2D eigenvalue weighted by atomic mass is 28.4. The van der Waals surface area contributed by atoms with Gasteiger partial charge in [-0.3, -0.25) is 0 Å². The summed E-state index contributed by atoms with van der Waals surface area (Å²) < 4.78 is 21.4. The van der Waals surface area contributed by atoms with Crippen LogP contribution in [0.4, 0.5) is 0 Å². The predicted molar refractivity (Wildman–Crippen MR) is 55.4 cm³/mol. The van der Waals surface area contributed by atoms with Crippen molar-refractivity contribution in [2.45, 2.75) is 13.5 Å². The molecule has 0 spiro atoms. The lowest BCUT2D eigenvalue weighted by Crippen LogP contribution is -2.47. The van der Waals surface area contributed by atoms with Crippen LogP contribution in [-0.4, -0.2) is 48.8 Å². The summed E-state index contributed by atoms with van der Waals surface area (Å²) >= 11 is 0. The molecule has 14 heavy (non-hydrogen) atoms. The molecular weight excluding hydrogens is 200 g/mol. The van der Waals surface area contributed by atoms with E-state index in [1.54, 1.807) is 14.2 Å². The van der Waals surface area contributed by atoms with Crippen LogP contribution in [0.5, 0.6) is 0 Å². The Hall–Kier alpha value is 0.0569. The van der Waals surface area contributed by atoms with Gasteiger partial charge in [-0.05, 0) is 6.55 Å². The number of hydrogen-bond donors (Lipinski definition) is 0. The SMILES string of the molecule is CO[Si](C)(COCC1(C)COC1)OC. The summed E-state index contributed by atoms with van der Waals surface area (Å²) in [6, 6.07) is 0. The van der Waals surface area contributed by atoms with Crippen LogP contribution in [0.2, 0.25) is 6.55 Å². The summed E-state index contributed by atoms with van der Waals surface area (Å²) in [6.45, 7) is 6.47. The van der Waals surface area contributed by atoms with Gasteiger partial charge in [-0.15, -0.1) is 0 Å². The highest BCUT2D eigenvalue weighted by Gasteiger charge is 2.36. The Labute approximate surface area is 86.7 Å². The zero-order valence-corrected chi connectivity index (χ0v) is 10.5. The van der Waals surface area contributed by atoms with Crippen molar-refractivity contribution >= 4 is 8.56 Å². The lowest BCUT2D eigenvalue weighted by atomic mass is 9.90. The van der Waals surface area contributed by atoms with Crippen molar-refractivity contribution in [3.8, 4) is 0 Å². The Morgan fingerprint density at radius 3 is 2.21 bits per heavy atom. The fourth-order valence-electron chi connectivity index (χ4n) is 1.22. The minimum absolute atomic E-state index is 0.205. The molecule has 0 amide bonds. The van der Waals surface area contributed by atoms with Crippen LogP contribution < -0.4 is 0 Å². The summed E-state index contributed by atoms with van der Waals surface area (Å²) in [5, 5.41) is 0. The maximum absolute atomic E-state index is 5.62. The van der Waals surface area contributed by atoms with E-state index in [1.165, 1.54) is 0 Å². The summed E-state index contributed by atoms with van der Waals surface area (Å²) in [6.07, 6.45) is 0.579. The van der Waals surface area contributed by atoms with Crippen LogP contribution in [0.25, 0.3) is 0 Å². The average Bonchev–Trinajstić information content (AvgIpc) is 2.15. The molecule has 1 fully saturated rings. The lowest BCUT2D eigenvalue weighted by molar-refractivity contribution is -0.135. The molecular formula is C9H20O4Si. The molecule has 84 valence electrons. The molecule has 5 heteroatoms. The molecule has 4 nitrogen and oxygen atoms in total. The van der Waals surface area contributed by atoms with E-state index in [9.17, 15) is 0 Å². The topological polar surface area (TPSA) is 36.9 Å². The molecule has 0 aliphatic carbocycles. The zero-order valence-electron chi connectivity index (χ0n) is 9.46. The van der Waals surface area contributed by atoms with Gasteiger partial charge < -0.3 is 18.3 Å². The highest BCUT2D eigenvalue weighted by molar-refractivity contribution is 6.65. The molecule has 1 aliphatic rings. The first-order valence-corrected chi connectivity index (χ1v) is 7.32. The van der Waals surface area contributed by atoms with Gasteiger partial charge in [0.15, 0.2) is 0 Å². The van der Waals surface area contributed by atoms with Gasteiger partial charge in [-0.1, -0.05) is 6.92 Å². The van der Waals surface area contributed by atoms with Crippen LogP contribution in [0, 0.1) is 5.41 Å². The fraction of sp³-hybridized carbons (Fsp3) is 1.00. The molecule has 1 saturated heterocycles. The summed E-state index contributed by atoms with van der Waals surface area (Å²) in [5.74, 6) is 0. The standard InChI is InChI=1S/C9H20O4Si/c1-9(5-12-6-9)7-13-8-14(4,10-2)11-3/h5-8H2,1-4H3. The van der Waals surface area contributed by atoms with Crippen molar-refractivity contribution in [1.29, 1.82) is 0 Å². The molecule has 0 N–H and O–H groups in total. The van der Waals surface area contributed by atoms with Crippen LogP contribution in [0.1, 0.15) is 6.92 Å². The third-order valence-corrected chi connectivity index (χ3v) is 5.04. The van der Waals surface area contributed by atoms with Crippen LogP contribution in [-0.2, 0) is 18.3 Å². The fourth-order valence-corrected chi connectivity index (χ4v) is 2.09. The second kappa shape index (κ2) is 4.72. The molecule has 1 rings (SSSR count). The van der Waals surface area contributed by atoms with Crippen LogP contribution >= 0.6 is 0 Å². The van der Waals surface area contributed by atoms with Gasteiger partial charge in [0.1, 0.15) is 0 Å². The second-order valence-electron chi connectivity index (χ2n) is 4.34. The maximum atomic E-state index is 5.62. The first kappa shape index (κ1) is 12.1. The Balaban J connectivity index is 2.19. The van der Waals surface area contributed by atoms with Gasteiger partial charge in [0.2, 0.25) is 0 Å². The molecule has 0 atom stereocenters. The van der Waals surface area contributed by atoms with Gasteiger partial charge in [0.05, 0.1) is 26.1 Å². The van der Waals surface area contributed by atoms with Crippen molar-refractivity contribution in [1.82, 2.24) is 0 Å². The van der Waals surface area contributed by atoms with Crippen molar-refractivity contribution < 1.29 is 18.3 Å². The molecule has 0 radical (unpaired) electrons. The normalized spacial score (nSPS) is 20.6. The van der Waals surface area contributed by atoms with Gasteiger partial charge in [-0.2, -0.15) is 0 Å². The monoisotopic (exact) mass is 220 g/mol. The summed E-state index contributed by atoms with van der Waals surface area (Å²) in [5.41, 5.74) is 0.205. The minimum Gasteiger partial charge on any atom is -0.396 e. The molecule has 0 bridgehead atoms. The van der Waals surface area contributed by atoms with E-state index in [0.717, 1.165) is 19.8 Å². The number of ether oxygens (including phenoxy) is 2. The summed E-state index contributed by atoms with van der Waals surface area (Å²) in [7, 11) is 1.30. The molecule has 0 aromatic heterocycles. The van der Waals surface area contributed by atoms with Crippen molar-refractivity contribution in [2.75, 3.05) is 40.3 Å². The average molecular weight is 220 g/mol. The molecule has 0 unspecified atom stereocenters. The first-order valence-electron chi connectivity index (χ1n) is 4.79. The maximum Gasteiger partial charge on any atom is 0.361 e. The van der Waals surface area contributed by atoms with E-state index in [4.69, 9.17) is 18.3 Å². The third kappa shape index (κ3) is 3.03. The number of rotatable bonds is 6. The quantitative estimate of drug-likeness (QED) is 0.624. The molecule has 0 saturated carbocycles. The Kier molecular flexibility index (Phi) is 4.09. The third-order valence-electron chi connectivity index (χ3n) is 2.58. The van der Waals surface area contributed by atoms with Crippen molar-refractivity contribution in [2.24, 2.45) is 5.41 Å². The minimum atomic E-state index is -2.05. The van der Waals surface area contributed by atoms with E-state index < -0.39 is 8.56 Å². The van der Waals surface area contributed by atoms with E-state index in [1.807, 2.05) is 6.55 Å². The highest BCUT2D eigenvalue weighted by Crippen LogP contribution is 2.26. The lowest BCUT2D eigenvalue weighted by Gasteiger charge is -2.38. The Morgan fingerprint density at radius 1 is 1.29 bits per heavy atom. The zero-order chi connectivity index (χ0) is 10.7. The predicted octanol–water partition coefficient (Wildman–Crippen LogP) is 0.943. The van der Waals surface area contributed by atoms with Crippen LogP contribution in [0.3, 0.4) is 0 Å². The van der Waals surface area contributed by atoms with Gasteiger partial charge in [0, 0.05) is 19.6 Å². The van der Waals surface area contributed by atoms with Gasteiger partial charge in [0.25, 0.3) is 0 Å². The smallest absolute Gasteiger partial charge is 0.361 e. The van der Waals surface area contributed by atoms with E-state index >= 15 is 0 Å². The molecule has 1 aliphatic heterocycles. The molecule has 0 aromatic rings.